The Bertz CT molecular complexity index is 2300. The predicted molar refractivity (Wildman–Crippen MR) is 196 cm³/mol. The van der Waals surface area contributed by atoms with Crippen LogP contribution in [0, 0.1) is 29.9 Å². The van der Waals surface area contributed by atoms with Gasteiger partial charge in [0.2, 0.25) is 0 Å². The van der Waals surface area contributed by atoms with Crippen molar-refractivity contribution in [3.05, 3.63) is 53.2 Å². The van der Waals surface area contributed by atoms with E-state index in [9.17, 15) is 26.3 Å². The Morgan fingerprint density at radius 1 is 0.982 bits per heavy atom. The molecule has 0 amide bonds. The molecule has 302 valence electrons. The molecule has 1 N–H and O–H groups in total. The van der Waals surface area contributed by atoms with E-state index in [1.54, 1.807) is 24.3 Å². The van der Waals surface area contributed by atoms with E-state index >= 15 is 8.78 Å². The van der Waals surface area contributed by atoms with Crippen LogP contribution in [0.2, 0.25) is 0 Å². The van der Waals surface area contributed by atoms with Gasteiger partial charge in [0.25, 0.3) is 5.60 Å². The number of anilines is 1. The number of rotatable bonds is 7. The summed E-state index contributed by atoms with van der Waals surface area (Å²) in [6.45, 7) is 2.38. The Hall–Kier alpha value is -4.33. The highest BCUT2D eigenvalue weighted by atomic mass is 19.4. The second kappa shape index (κ2) is 13.4. The van der Waals surface area contributed by atoms with Crippen LogP contribution in [0.15, 0.2) is 30.3 Å². The van der Waals surface area contributed by atoms with E-state index < -0.39 is 47.8 Å². The van der Waals surface area contributed by atoms with Crippen LogP contribution in [0.5, 0.6) is 6.01 Å². The average Bonchev–Trinajstić information content (AvgIpc) is 3.83. The maximum atomic E-state index is 17.3. The van der Waals surface area contributed by atoms with E-state index in [0.29, 0.717) is 78.4 Å². The minimum absolute atomic E-state index is 0.00584. The Morgan fingerprint density at radius 3 is 2.53 bits per heavy atom. The van der Waals surface area contributed by atoms with Crippen LogP contribution in [0.1, 0.15) is 63.6 Å². The first-order chi connectivity index (χ1) is 27.0. The van der Waals surface area contributed by atoms with Crippen LogP contribution in [-0.2, 0) is 11.2 Å². The topological polar surface area (TPSA) is 75.6 Å². The number of pyridine rings is 1. The van der Waals surface area contributed by atoms with E-state index in [1.807, 2.05) is 4.90 Å². The lowest BCUT2D eigenvalue weighted by molar-refractivity contribution is -0.375. The van der Waals surface area contributed by atoms with Crippen LogP contribution >= 0.6 is 0 Å². The van der Waals surface area contributed by atoms with E-state index in [0.717, 1.165) is 12.8 Å². The maximum absolute atomic E-state index is 17.3. The molecular weight excluding hydrogens is 760 g/mol. The number of halogens is 8. The van der Waals surface area contributed by atoms with Crippen LogP contribution in [-0.4, -0.2) is 93.8 Å². The van der Waals surface area contributed by atoms with Gasteiger partial charge in [0.05, 0.1) is 28.8 Å². The molecule has 5 aliphatic heterocycles. The predicted octanol–water partition coefficient (Wildman–Crippen LogP) is 7.88. The van der Waals surface area contributed by atoms with Crippen molar-refractivity contribution >= 4 is 27.5 Å². The summed E-state index contributed by atoms with van der Waals surface area (Å²) in [6.07, 6.45) is -1.20. The lowest BCUT2D eigenvalue weighted by atomic mass is 9.89. The Balaban J connectivity index is 1.11. The van der Waals surface area contributed by atoms with Gasteiger partial charge in [-0.25, -0.2) is 13.8 Å². The van der Waals surface area contributed by atoms with Crippen molar-refractivity contribution in [1.82, 2.24) is 25.2 Å². The lowest BCUT2D eigenvalue weighted by Crippen LogP contribution is -2.60. The minimum Gasteiger partial charge on any atom is -0.461 e. The summed E-state index contributed by atoms with van der Waals surface area (Å²) in [4.78, 5) is 18.7. The number of benzene rings is 2. The molecule has 2 aromatic carbocycles. The molecular formula is C41H40F8N6O2. The van der Waals surface area contributed by atoms with E-state index in [-0.39, 0.29) is 60.4 Å². The monoisotopic (exact) mass is 800 g/mol. The van der Waals surface area contributed by atoms with Crippen LogP contribution in [0.3, 0.4) is 0 Å². The molecule has 5 aliphatic rings. The molecule has 0 spiro atoms. The Kier molecular flexibility index (Phi) is 8.95. The highest BCUT2D eigenvalue weighted by Crippen LogP contribution is 2.49. The summed E-state index contributed by atoms with van der Waals surface area (Å²) >= 11 is 0. The summed E-state index contributed by atoms with van der Waals surface area (Å²) in [5, 5.41) is 5.14. The molecule has 4 fully saturated rings. The molecule has 0 saturated carbocycles. The number of aromatic nitrogens is 3. The number of piperazine rings is 1. The number of alkyl halides is 6. The summed E-state index contributed by atoms with van der Waals surface area (Å²) in [6, 6.07) is 7.50. The molecule has 2 aromatic heterocycles. The number of fused-ring (bicyclic) bond motifs is 7. The van der Waals surface area contributed by atoms with Crippen molar-refractivity contribution < 1.29 is 44.6 Å². The van der Waals surface area contributed by atoms with Gasteiger partial charge in [-0.1, -0.05) is 37.1 Å². The first-order valence-corrected chi connectivity index (χ1v) is 19.3. The molecule has 0 aliphatic carbocycles. The van der Waals surface area contributed by atoms with Crippen LogP contribution in [0.4, 0.5) is 40.9 Å². The third kappa shape index (κ3) is 5.93. The second-order valence-corrected chi connectivity index (χ2v) is 16.5. The first kappa shape index (κ1) is 38.2. The number of hydrogen-bond acceptors (Lipinski definition) is 8. The third-order valence-corrected chi connectivity index (χ3v) is 13.2. The van der Waals surface area contributed by atoms with Gasteiger partial charge in [0, 0.05) is 41.7 Å². The van der Waals surface area contributed by atoms with Gasteiger partial charge in [-0.3, -0.25) is 4.90 Å². The van der Waals surface area contributed by atoms with Crippen molar-refractivity contribution in [2.24, 2.45) is 5.92 Å². The zero-order valence-corrected chi connectivity index (χ0v) is 31.2. The largest absolute Gasteiger partial charge is 0.461 e. The normalized spacial score (nSPS) is 27.5. The molecule has 9 rings (SSSR count). The molecule has 0 radical (unpaired) electrons. The summed E-state index contributed by atoms with van der Waals surface area (Å²) in [7, 11) is 0. The summed E-state index contributed by atoms with van der Waals surface area (Å²) in [5.41, 5.74) is -4.25. The maximum Gasteiger partial charge on any atom is 0.426 e. The summed E-state index contributed by atoms with van der Waals surface area (Å²) in [5.74, 6) is 1.58. The van der Waals surface area contributed by atoms with Gasteiger partial charge in [-0.15, -0.1) is 6.42 Å². The van der Waals surface area contributed by atoms with Crippen molar-refractivity contribution in [2.75, 3.05) is 31.2 Å². The standard InChI is InChI=1S/C41H40F8N6O2/c1-4-25-27(42)11-9-22-7-5-8-26(30(22)25)33-32(43)34-31-29(51-33)17-21(2)35-28-12-10-23(50-28)18-54(35)36(31)53-37(52-34)56-20-39-14-6-16-55(39)24(13-15-39)19-57-38(3,40(44,45)46)41(47,48)49/h1,5,7-9,11,21,23-24,28,35,50H,6,10,12-20H2,2-3H3/t21-,23+,24-,28-,35-,39-/m0/s1. The first-order valence-electron chi connectivity index (χ1n) is 19.3. The number of nitrogens with zero attached hydrogens (tertiary/aromatic N) is 5. The highest BCUT2D eigenvalue weighted by molar-refractivity contribution is 6.03. The number of terminal acetylenes is 1. The van der Waals surface area contributed by atoms with Crippen LogP contribution < -0.4 is 15.0 Å². The molecule has 8 nitrogen and oxygen atoms in total. The van der Waals surface area contributed by atoms with Gasteiger partial charge in [-0.05, 0) is 75.8 Å². The second-order valence-electron chi connectivity index (χ2n) is 16.5. The van der Waals surface area contributed by atoms with Gasteiger partial charge < -0.3 is 19.7 Å². The van der Waals surface area contributed by atoms with Crippen molar-refractivity contribution in [3.8, 4) is 29.6 Å². The molecule has 16 heteroatoms. The van der Waals surface area contributed by atoms with Crippen molar-refractivity contribution in [1.29, 1.82) is 0 Å². The molecule has 0 unspecified atom stereocenters. The molecule has 4 aromatic rings. The van der Waals surface area contributed by atoms with E-state index in [1.165, 1.54) is 6.07 Å². The number of ether oxygens (including phenoxy) is 2. The minimum atomic E-state index is -5.67. The van der Waals surface area contributed by atoms with Gasteiger partial charge >= 0.3 is 18.4 Å². The lowest BCUT2D eigenvalue weighted by Gasteiger charge is -2.43. The Labute approximate surface area is 323 Å². The molecule has 2 bridgehead atoms. The van der Waals surface area contributed by atoms with Crippen LogP contribution in [0.25, 0.3) is 32.9 Å². The van der Waals surface area contributed by atoms with E-state index in [4.69, 9.17) is 25.9 Å². The van der Waals surface area contributed by atoms with Gasteiger partial charge in [0.1, 0.15) is 29.5 Å². The molecule has 7 heterocycles. The van der Waals surface area contributed by atoms with Crippen molar-refractivity contribution in [2.45, 2.75) is 106 Å². The van der Waals surface area contributed by atoms with E-state index in [2.05, 4.69) is 28.0 Å². The van der Waals surface area contributed by atoms with Gasteiger partial charge in [-0.2, -0.15) is 36.3 Å². The molecule has 6 atom stereocenters. The zero-order valence-electron chi connectivity index (χ0n) is 31.2. The molecule has 4 saturated heterocycles. The number of hydrogen-bond donors (Lipinski definition) is 1. The fourth-order valence-corrected chi connectivity index (χ4v) is 10.3. The fourth-order valence-electron chi connectivity index (χ4n) is 10.3. The van der Waals surface area contributed by atoms with Crippen molar-refractivity contribution in [3.63, 3.8) is 0 Å². The quantitative estimate of drug-likeness (QED) is 0.150. The summed E-state index contributed by atoms with van der Waals surface area (Å²) < 4.78 is 125. The van der Waals surface area contributed by atoms with Gasteiger partial charge in [0.15, 0.2) is 5.82 Å². The number of nitrogens with one attached hydrogen (secondary N) is 1. The highest BCUT2D eigenvalue weighted by Gasteiger charge is 2.69. The smallest absolute Gasteiger partial charge is 0.426 e. The Morgan fingerprint density at radius 2 is 1.77 bits per heavy atom. The average molecular weight is 801 g/mol. The third-order valence-electron chi connectivity index (χ3n) is 13.2. The zero-order chi connectivity index (χ0) is 40.2. The fraction of sp³-hybridized carbons (Fsp3) is 0.537. The SMILES string of the molecule is C#Cc1c(F)ccc2cccc(-c3nc4c5c(nc(OC[C@@]67CCCN6[C@H](COC(C)(C(F)(F)F)C(F)(F)F)CC7)nc5c3F)N3C[C@H]5CC[C@H](N5)[C@@H]3[C@@H](C)C4)c12. The molecule has 57 heavy (non-hydrogen) atoms.